The molecule has 1 aromatic carbocycles. The van der Waals surface area contributed by atoms with Gasteiger partial charge in [-0.2, -0.15) is 0 Å². The molecule has 0 radical (unpaired) electrons. The van der Waals surface area contributed by atoms with Gasteiger partial charge in [-0.05, 0) is 50.8 Å². The molecule has 6 nitrogen and oxygen atoms in total. The van der Waals surface area contributed by atoms with Gasteiger partial charge < -0.3 is 19.7 Å². The second kappa shape index (κ2) is 9.22. The molecule has 1 aliphatic heterocycles. The number of benzene rings is 1. The monoisotopic (exact) mass is 394 g/mol. The molecule has 148 valence electrons. The summed E-state index contributed by atoms with van der Waals surface area (Å²) in [6, 6.07) is 3.72. The smallest absolute Gasteiger partial charge is 0.253 e. The van der Waals surface area contributed by atoms with Gasteiger partial charge in [0.15, 0.2) is 0 Å². The van der Waals surface area contributed by atoms with Gasteiger partial charge in [0.25, 0.3) is 5.91 Å². The van der Waals surface area contributed by atoms with Gasteiger partial charge in [0.2, 0.25) is 5.91 Å². The van der Waals surface area contributed by atoms with E-state index in [-0.39, 0.29) is 28.5 Å². The van der Waals surface area contributed by atoms with Gasteiger partial charge in [-0.3, -0.25) is 9.59 Å². The average molecular weight is 395 g/mol. The highest BCUT2D eigenvalue weighted by Gasteiger charge is 2.35. The minimum atomic E-state index is -0.722. The summed E-state index contributed by atoms with van der Waals surface area (Å²) in [5, 5.41) is 3.04. The van der Waals surface area contributed by atoms with Gasteiger partial charge in [-0.15, -0.1) is 0 Å². The van der Waals surface area contributed by atoms with Crippen LogP contribution in [0.5, 0.6) is 5.75 Å². The largest absolute Gasteiger partial charge is 0.491 e. The Labute approximate surface area is 165 Å². The van der Waals surface area contributed by atoms with Gasteiger partial charge in [0.1, 0.15) is 18.1 Å². The number of amides is 2. The number of nitrogens with one attached hydrogen (secondary N) is 1. The zero-order chi connectivity index (χ0) is 20.1. The molecule has 0 unspecified atom stereocenters. The first-order chi connectivity index (χ1) is 12.7. The Bertz CT molecular complexity index is 705. The fourth-order valence-electron chi connectivity index (χ4n) is 3.14. The van der Waals surface area contributed by atoms with E-state index in [0.29, 0.717) is 18.7 Å². The van der Waals surface area contributed by atoms with Crippen LogP contribution in [-0.2, 0) is 9.59 Å². The first-order valence-corrected chi connectivity index (χ1v) is 9.65. The number of likely N-dealkylation sites (tertiary alicyclic amines) is 1. The van der Waals surface area contributed by atoms with Crippen molar-refractivity contribution in [3.05, 3.63) is 28.8 Å². The van der Waals surface area contributed by atoms with E-state index >= 15 is 0 Å². The van der Waals surface area contributed by atoms with Crippen molar-refractivity contribution in [2.24, 2.45) is 5.92 Å². The van der Waals surface area contributed by atoms with Crippen LogP contribution >= 0.6 is 11.6 Å². The van der Waals surface area contributed by atoms with Gasteiger partial charge in [0, 0.05) is 6.54 Å². The molecule has 2 amide bonds. The molecule has 1 fully saturated rings. The van der Waals surface area contributed by atoms with Crippen LogP contribution < -0.4 is 10.1 Å². The Morgan fingerprint density at radius 1 is 1.30 bits per heavy atom. The lowest BCUT2D eigenvalue weighted by molar-refractivity contribution is -0.137. The Balaban J connectivity index is 2.15. The topological polar surface area (TPSA) is 75.7 Å². The van der Waals surface area contributed by atoms with Gasteiger partial charge >= 0.3 is 0 Å². The van der Waals surface area contributed by atoms with E-state index < -0.39 is 18.0 Å². The molecule has 1 heterocycles. The van der Waals surface area contributed by atoms with Gasteiger partial charge in [0.05, 0.1) is 22.7 Å². The van der Waals surface area contributed by atoms with Crippen LogP contribution in [0.1, 0.15) is 50.9 Å². The molecule has 0 aliphatic carbocycles. The Hall–Kier alpha value is -2.08. The van der Waals surface area contributed by atoms with E-state index in [0.717, 1.165) is 12.7 Å². The molecule has 0 saturated carbocycles. The molecule has 0 bridgehead atoms. The Kier molecular flexibility index (Phi) is 7.25. The first-order valence-electron chi connectivity index (χ1n) is 9.27. The van der Waals surface area contributed by atoms with Crippen molar-refractivity contribution in [1.29, 1.82) is 0 Å². The maximum absolute atomic E-state index is 12.9. The molecule has 7 heteroatoms. The van der Waals surface area contributed by atoms with Crippen molar-refractivity contribution < 1.29 is 19.1 Å². The van der Waals surface area contributed by atoms with Crippen LogP contribution in [0.4, 0.5) is 0 Å². The summed E-state index contributed by atoms with van der Waals surface area (Å²) in [6.07, 6.45) is 2.25. The average Bonchev–Trinajstić information content (AvgIpc) is 3.06. The molecular formula is C20H27ClN2O4. The molecule has 0 aromatic heterocycles. The third-order valence-electron chi connectivity index (χ3n) is 4.52. The quantitative estimate of drug-likeness (QED) is 0.721. The summed E-state index contributed by atoms with van der Waals surface area (Å²) in [5.41, 5.74) is 0.277. The van der Waals surface area contributed by atoms with Crippen molar-refractivity contribution in [2.75, 3.05) is 6.54 Å². The number of ether oxygens (including phenoxy) is 1. The van der Waals surface area contributed by atoms with E-state index in [2.05, 4.69) is 5.32 Å². The minimum absolute atomic E-state index is 0.00471. The van der Waals surface area contributed by atoms with Crippen LogP contribution in [0.25, 0.3) is 0 Å². The standard InChI is InChI=1S/C20H27ClN2O4/c1-12(2)18(20(26)23-9-5-6-14(23)11-24)22-19(25)16-8-7-15(10-17(16)21)27-13(3)4/h7-8,10-14,18H,5-6,9H2,1-4H3,(H,22,25)/t14-,18-/m0/s1. The van der Waals surface area contributed by atoms with E-state index in [1.54, 1.807) is 23.1 Å². The summed E-state index contributed by atoms with van der Waals surface area (Å²) in [5.74, 6) is -0.209. The van der Waals surface area contributed by atoms with Crippen LogP contribution in [0.15, 0.2) is 18.2 Å². The van der Waals surface area contributed by atoms with Crippen molar-refractivity contribution in [3.63, 3.8) is 0 Å². The maximum atomic E-state index is 12.9. The molecule has 2 atom stereocenters. The van der Waals surface area contributed by atoms with E-state index in [1.165, 1.54) is 0 Å². The number of hydrogen-bond acceptors (Lipinski definition) is 4. The molecule has 1 saturated heterocycles. The van der Waals surface area contributed by atoms with Crippen LogP contribution in [0, 0.1) is 5.92 Å². The summed E-state index contributed by atoms with van der Waals surface area (Å²) >= 11 is 6.24. The second-order valence-electron chi connectivity index (χ2n) is 7.38. The van der Waals surface area contributed by atoms with Crippen molar-refractivity contribution in [2.45, 2.75) is 58.7 Å². The third kappa shape index (κ3) is 5.22. The number of carbonyl (C=O) groups is 3. The lowest BCUT2D eigenvalue weighted by Crippen LogP contribution is -2.52. The Morgan fingerprint density at radius 2 is 2.00 bits per heavy atom. The van der Waals surface area contributed by atoms with Crippen LogP contribution in [-0.4, -0.2) is 47.7 Å². The highest BCUT2D eigenvalue weighted by atomic mass is 35.5. The summed E-state index contributed by atoms with van der Waals surface area (Å²) in [4.78, 5) is 38.3. The molecule has 0 spiro atoms. The predicted octanol–water partition coefficient (Wildman–Crippen LogP) is 3.07. The Morgan fingerprint density at radius 3 is 2.56 bits per heavy atom. The highest BCUT2D eigenvalue weighted by Crippen LogP contribution is 2.24. The van der Waals surface area contributed by atoms with Crippen LogP contribution in [0.2, 0.25) is 5.02 Å². The number of carbonyl (C=O) groups excluding carboxylic acids is 3. The molecule has 1 aliphatic rings. The zero-order valence-corrected chi connectivity index (χ0v) is 17.0. The zero-order valence-electron chi connectivity index (χ0n) is 16.2. The van der Waals surface area contributed by atoms with Crippen molar-refractivity contribution in [3.8, 4) is 5.75 Å². The molecule has 27 heavy (non-hydrogen) atoms. The molecule has 1 N–H and O–H groups in total. The fourth-order valence-corrected chi connectivity index (χ4v) is 3.40. The number of rotatable bonds is 7. The first kappa shape index (κ1) is 21.2. The van der Waals surface area contributed by atoms with Crippen molar-refractivity contribution >= 4 is 29.7 Å². The summed E-state index contributed by atoms with van der Waals surface area (Å²) in [6.45, 7) is 8.05. The summed E-state index contributed by atoms with van der Waals surface area (Å²) in [7, 11) is 0. The lowest BCUT2D eigenvalue weighted by Gasteiger charge is -2.29. The number of nitrogens with zero attached hydrogens (tertiary/aromatic N) is 1. The second-order valence-corrected chi connectivity index (χ2v) is 7.79. The highest BCUT2D eigenvalue weighted by molar-refractivity contribution is 6.34. The third-order valence-corrected chi connectivity index (χ3v) is 4.83. The van der Waals surface area contributed by atoms with Gasteiger partial charge in [-0.1, -0.05) is 25.4 Å². The fraction of sp³-hybridized carbons (Fsp3) is 0.550. The van der Waals surface area contributed by atoms with Gasteiger partial charge in [-0.25, -0.2) is 0 Å². The minimum Gasteiger partial charge on any atom is -0.491 e. The predicted molar refractivity (Wildman–Crippen MR) is 104 cm³/mol. The normalized spacial score (nSPS) is 17.9. The number of halogens is 1. The lowest BCUT2D eigenvalue weighted by atomic mass is 10.0. The maximum Gasteiger partial charge on any atom is 0.253 e. The SMILES string of the molecule is CC(C)Oc1ccc(C(=O)N[C@H](C(=O)N2CCC[C@H]2C=O)C(C)C)c(Cl)c1. The summed E-state index contributed by atoms with van der Waals surface area (Å²) < 4.78 is 5.57. The molecule has 1 aromatic rings. The van der Waals surface area contributed by atoms with E-state index in [9.17, 15) is 14.4 Å². The molecule has 2 rings (SSSR count). The number of hydrogen-bond donors (Lipinski definition) is 1. The number of aldehydes is 1. The van der Waals surface area contributed by atoms with E-state index in [4.69, 9.17) is 16.3 Å². The van der Waals surface area contributed by atoms with Crippen LogP contribution in [0.3, 0.4) is 0 Å². The van der Waals surface area contributed by atoms with Crippen molar-refractivity contribution in [1.82, 2.24) is 10.2 Å². The molecular weight excluding hydrogens is 368 g/mol. The van der Waals surface area contributed by atoms with E-state index in [1.807, 2.05) is 27.7 Å².